The van der Waals surface area contributed by atoms with Crippen LogP contribution in [0.3, 0.4) is 0 Å². The quantitative estimate of drug-likeness (QED) is 0.367. The van der Waals surface area contributed by atoms with E-state index < -0.39 is 23.8 Å². The van der Waals surface area contributed by atoms with Crippen LogP contribution < -0.4 is 59.1 Å². The average Bonchev–Trinajstić information content (AvgIpc) is 2.60. The molecule has 74 valence electrons. The van der Waals surface area contributed by atoms with Crippen LogP contribution in [0.2, 0.25) is 0 Å². The molecule has 4 unspecified atom stereocenters. The zero-order valence-electron chi connectivity index (χ0n) is 10.9. The van der Waals surface area contributed by atoms with E-state index in [1.807, 2.05) is 12.2 Å². The van der Waals surface area contributed by atoms with Gasteiger partial charge in [-0.3, -0.25) is 9.59 Å². The molecule has 1 fully saturated rings. The number of carboxylic acid groups (broad SMARTS) is 2. The van der Waals surface area contributed by atoms with Gasteiger partial charge in [-0.15, -0.1) is 0 Å². The van der Waals surface area contributed by atoms with Crippen LogP contribution in [-0.2, 0) is 9.59 Å². The SMILES string of the molecule is O=C(O)C1C2C=CC(C2)C1C(=O)O.[H-].[H-].[Na+].[Na+]. The number of aliphatic carboxylic acids is 2. The third kappa shape index (κ3) is 2.68. The van der Waals surface area contributed by atoms with E-state index in [-0.39, 0.29) is 73.8 Å². The third-order valence-corrected chi connectivity index (χ3v) is 3.03. The van der Waals surface area contributed by atoms with E-state index in [0.29, 0.717) is 6.42 Å². The van der Waals surface area contributed by atoms with Crippen molar-refractivity contribution in [3.63, 3.8) is 0 Å². The van der Waals surface area contributed by atoms with Crippen LogP contribution in [0.25, 0.3) is 0 Å². The average molecular weight is 230 g/mol. The number of allylic oxidation sites excluding steroid dienone is 2. The molecule has 4 nitrogen and oxygen atoms in total. The van der Waals surface area contributed by atoms with Crippen LogP contribution in [0, 0.1) is 23.7 Å². The number of carboxylic acids is 2. The normalized spacial score (nSPS) is 35.5. The Morgan fingerprint density at radius 2 is 1.33 bits per heavy atom. The number of fused-ring (bicyclic) bond motifs is 2. The monoisotopic (exact) mass is 230 g/mol. The molecular formula is C9H12Na2O4. The zero-order chi connectivity index (χ0) is 9.59. The Bertz CT molecular complexity index is 283. The van der Waals surface area contributed by atoms with Gasteiger partial charge in [0.15, 0.2) is 0 Å². The van der Waals surface area contributed by atoms with Gasteiger partial charge in [0, 0.05) is 0 Å². The van der Waals surface area contributed by atoms with E-state index in [4.69, 9.17) is 10.2 Å². The molecule has 0 aromatic carbocycles. The van der Waals surface area contributed by atoms with Crippen molar-refractivity contribution in [1.82, 2.24) is 0 Å². The van der Waals surface area contributed by atoms with Gasteiger partial charge >= 0.3 is 71.1 Å². The van der Waals surface area contributed by atoms with Crippen LogP contribution in [0.5, 0.6) is 0 Å². The van der Waals surface area contributed by atoms with Crippen molar-refractivity contribution in [2.45, 2.75) is 6.42 Å². The van der Waals surface area contributed by atoms with Crippen LogP contribution in [0.1, 0.15) is 9.27 Å². The molecule has 2 rings (SSSR count). The first kappa shape index (κ1) is 15.7. The van der Waals surface area contributed by atoms with Crippen LogP contribution in [-0.4, -0.2) is 22.2 Å². The summed E-state index contributed by atoms with van der Waals surface area (Å²) in [6.07, 6.45) is 4.36. The molecule has 0 amide bonds. The molecule has 0 saturated heterocycles. The van der Waals surface area contributed by atoms with Crippen molar-refractivity contribution >= 4 is 11.9 Å². The summed E-state index contributed by atoms with van der Waals surface area (Å²) in [5, 5.41) is 17.7. The van der Waals surface area contributed by atoms with E-state index in [0.717, 1.165) is 0 Å². The van der Waals surface area contributed by atoms with Crippen molar-refractivity contribution < 1.29 is 81.8 Å². The van der Waals surface area contributed by atoms with E-state index in [1.54, 1.807) is 0 Å². The van der Waals surface area contributed by atoms with E-state index in [1.165, 1.54) is 0 Å². The molecule has 0 radical (unpaired) electrons. The van der Waals surface area contributed by atoms with Crippen LogP contribution in [0.15, 0.2) is 12.2 Å². The molecule has 6 heteroatoms. The van der Waals surface area contributed by atoms with E-state index in [2.05, 4.69) is 0 Å². The molecule has 0 spiro atoms. The molecule has 15 heavy (non-hydrogen) atoms. The Kier molecular flexibility index (Phi) is 6.11. The van der Waals surface area contributed by atoms with E-state index in [9.17, 15) is 9.59 Å². The predicted octanol–water partition coefficient (Wildman–Crippen LogP) is -5.17. The Hall–Kier alpha value is 0.680. The van der Waals surface area contributed by atoms with Crippen molar-refractivity contribution in [3.8, 4) is 0 Å². The molecule has 2 aliphatic carbocycles. The van der Waals surface area contributed by atoms with Gasteiger partial charge < -0.3 is 13.1 Å². The van der Waals surface area contributed by atoms with Crippen molar-refractivity contribution in [2.75, 3.05) is 0 Å². The first-order valence-electron chi connectivity index (χ1n) is 4.25. The standard InChI is InChI=1S/C9H10O4.2Na.2H/c10-8(11)6-4-1-2-5(3-4)7(6)9(12)13;;;;/h1-2,4-7H,3H2,(H,10,11)(H,12,13);;;;/q;2*+1;2*-1. The number of hydrogen-bond acceptors (Lipinski definition) is 2. The summed E-state index contributed by atoms with van der Waals surface area (Å²) in [6.45, 7) is 0. The van der Waals surface area contributed by atoms with Crippen LogP contribution >= 0.6 is 0 Å². The summed E-state index contributed by atoms with van der Waals surface area (Å²) in [7, 11) is 0. The zero-order valence-corrected chi connectivity index (χ0v) is 12.9. The second kappa shape index (κ2) is 5.84. The molecule has 2 aliphatic rings. The number of carbonyl (C=O) groups is 2. The Morgan fingerprint density at radius 1 is 1.00 bits per heavy atom. The van der Waals surface area contributed by atoms with Gasteiger partial charge in [0.2, 0.25) is 0 Å². The fraction of sp³-hybridized carbons (Fsp3) is 0.556. The molecule has 2 N–H and O–H groups in total. The number of hydrogen-bond donors (Lipinski definition) is 2. The maximum absolute atomic E-state index is 10.8. The summed E-state index contributed by atoms with van der Waals surface area (Å²) < 4.78 is 0. The van der Waals surface area contributed by atoms with Gasteiger partial charge in [0.1, 0.15) is 0 Å². The van der Waals surface area contributed by atoms with Crippen molar-refractivity contribution in [2.24, 2.45) is 23.7 Å². The smallest absolute Gasteiger partial charge is 1.00 e. The molecule has 2 bridgehead atoms. The van der Waals surface area contributed by atoms with Gasteiger partial charge in [-0.1, -0.05) is 12.2 Å². The minimum Gasteiger partial charge on any atom is -1.00 e. The third-order valence-electron chi connectivity index (χ3n) is 3.03. The molecule has 0 heterocycles. The fourth-order valence-corrected chi connectivity index (χ4v) is 2.50. The second-order valence-electron chi connectivity index (χ2n) is 3.68. The molecule has 0 aromatic rings. The summed E-state index contributed by atoms with van der Waals surface area (Å²) in [6, 6.07) is 0. The molecule has 4 atom stereocenters. The van der Waals surface area contributed by atoms with E-state index >= 15 is 0 Å². The maximum Gasteiger partial charge on any atom is 1.00 e. The van der Waals surface area contributed by atoms with Gasteiger partial charge in [-0.25, -0.2) is 0 Å². The molecule has 0 aromatic heterocycles. The van der Waals surface area contributed by atoms with Crippen molar-refractivity contribution in [3.05, 3.63) is 12.2 Å². The van der Waals surface area contributed by atoms with Crippen molar-refractivity contribution in [1.29, 1.82) is 0 Å². The van der Waals surface area contributed by atoms with Gasteiger partial charge in [0.05, 0.1) is 11.8 Å². The summed E-state index contributed by atoms with van der Waals surface area (Å²) in [4.78, 5) is 21.6. The maximum atomic E-state index is 10.8. The Balaban J connectivity index is -0.000000490. The fourth-order valence-electron chi connectivity index (χ4n) is 2.50. The Labute approximate surface area is 135 Å². The predicted molar refractivity (Wildman–Crippen MR) is 45.2 cm³/mol. The minimum absolute atomic E-state index is 0. The summed E-state index contributed by atoms with van der Waals surface area (Å²) in [5.41, 5.74) is 0. The largest absolute Gasteiger partial charge is 1.00 e. The summed E-state index contributed by atoms with van der Waals surface area (Å²) >= 11 is 0. The molecular weight excluding hydrogens is 218 g/mol. The molecule has 0 aliphatic heterocycles. The first-order valence-corrected chi connectivity index (χ1v) is 4.25. The Morgan fingerprint density at radius 3 is 1.60 bits per heavy atom. The summed E-state index contributed by atoms with van der Waals surface area (Å²) in [5.74, 6) is -3.53. The van der Waals surface area contributed by atoms with Gasteiger partial charge in [0.25, 0.3) is 0 Å². The number of rotatable bonds is 2. The van der Waals surface area contributed by atoms with Gasteiger partial charge in [-0.05, 0) is 18.3 Å². The second-order valence-corrected chi connectivity index (χ2v) is 3.68. The first-order chi connectivity index (χ1) is 6.11. The van der Waals surface area contributed by atoms with Gasteiger partial charge in [-0.2, -0.15) is 0 Å². The molecule has 1 saturated carbocycles. The topological polar surface area (TPSA) is 74.6 Å². The minimum atomic E-state index is -0.982. The van der Waals surface area contributed by atoms with Crippen LogP contribution in [0.4, 0.5) is 0 Å².